The summed E-state index contributed by atoms with van der Waals surface area (Å²) >= 11 is 0. The van der Waals surface area contributed by atoms with Crippen molar-refractivity contribution in [2.45, 2.75) is 20.4 Å². The summed E-state index contributed by atoms with van der Waals surface area (Å²) in [5.74, 6) is 5.20. The molecule has 3 N–H and O–H groups in total. The van der Waals surface area contributed by atoms with E-state index in [-0.39, 0.29) is 0 Å². The van der Waals surface area contributed by atoms with Crippen LogP contribution in [0.25, 0.3) is 0 Å². The summed E-state index contributed by atoms with van der Waals surface area (Å²) in [6.07, 6.45) is 0.634. The van der Waals surface area contributed by atoms with Crippen LogP contribution in [0, 0.1) is 0 Å². The molecule has 5 heteroatoms. The Bertz CT molecular complexity index is 85.6. The maximum atomic E-state index is 5.48. The van der Waals surface area contributed by atoms with Gasteiger partial charge in [0.1, 0.15) is 0 Å². The molecule has 0 aliphatic carbocycles. The Morgan fingerprint density at radius 1 is 1.27 bits per heavy atom. The van der Waals surface area contributed by atoms with Crippen LogP contribution in [0.2, 0.25) is 6.55 Å². The minimum absolute atomic E-state index is 0.634. The summed E-state index contributed by atoms with van der Waals surface area (Å²) in [5, 5.41) is 0. The van der Waals surface area contributed by atoms with E-state index in [1.54, 1.807) is 0 Å². The lowest BCUT2D eigenvalue weighted by atomic mass is 10.9. The fourth-order valence-electron chi connectivity index (χ4n) is 0.940. The van der Waals surface area contributed by atoms with Crippen molar-refractivity contribution in [3.05, 3.63) is 0 Å². The highest BCUT2D eigenvalue weighted by molar-refractivity contribution is 6.66. The van der Waals surface area contributed by atoms with Crippen LogP contribution in [0.4, 0.5) is 0 Å². The summed E-state index contributed by atoms with van der Waals surface area (Å²) in [5.41, 5.74) is 2.59. The average molecular weight is 178 g/mol. The fourth-order valence-corrected chi connectivity index (χ4v) is 2.82. The normalized spacial score (nSPS) is 12.0. The second-order valence-corrected chi connectivity index (χ2v) is 5.58. The van der Waals surface area contributed by atoms with Gasteiger partial charge < -0.3 is 8.85 Å². The summed E-state index contributed by atoms with van der Waals surface area (Å²) in [6, 6.07) is 0. The third kappa shape index (κ3) is 4.49. The van der Waals surface area contributed by atoms with Crippen LogP contribution in [-0.4, -0.2) is 27.9 Å². The van der Waals surface area contributed by atoms with Crippen LogP contribution in [-0.2, 0) is 8.85 Å². The molecule has 0 fully saturated rings. The SMILES string of the molecule is CCO[Si](C)(CNN)OCC. The van der Waals surface area contributed by atoms with Gasteiger partial charge in [0.25, 0.3) is 0 Å². The molecule has 0 aliphatic heterocycles. The van der Waals surface area contributed by atoms with Gasteiger partial charge >= 0.3 is 8.56 Å². The van der Waals surface area contributed by atoms with Crippen molar-refractivity contribution in [2.75, 3.05) is 19.4 Å². The number of hydrogen-bond donors (Lipinski definition) is 2. The fraction of sp³-hybridized carbons (Fsp3) is 1.00. The molecule has 0 aromatic carbocycles. The molecule has 0 aromatic heterocycles. The zero-order valence-electron chi connectivity index (χ0n) is 7.52. The first kappa shape index (κ1) is 11.1. The van der Waals surface area contributed by atoms with Crippen molar-refractivity contribution in [1.29, 1.82) is 0 Å². The van der Waals surface area contributed by atoms with Gasteiger partial charge in [0.05, 0.1) is 6.17 Å². The van der Waals surface area contributed by atoms with Crippen LogP contribution in [0.3, 0.4) is 0 Å². The smallest absolute Gasteiger partial charge is 0.350 e. The second kappa shape index (κ2) is 5.67. The molecule has 0 unspecified atom stereocenters. The van der Waals surface area contributed by atoms with Crippen molar-refractivity contribution in [3.63, 3.8) is 0 Å². The van der Waals surface area contributed by atoms with E-state index >= 15 is 0 Å². The number of nitrogens with two attached hydrogens (primary N) is 1. The van der Waals surface area contributed by atoms with E-state index in [2.05, 4.69) is 5.43 Å². The number of rotatable bonds is 6. The average Bonchev–Trinajstić information content (AvgIpc) is 1.88. The summed E-state index contributed by atoms with van der Waals surface area (Å²) in [6.45, 7) is 7.29. The standard InChI is InChI=1S/C6H18N2O2Si/c1-4-9-11(3,6-8-7)10-5-2/h8H,4-7H2,1-3H3. The van der Waals surface area contributed by atoms with E-state index in [1.807, 2.05) is 20.4 Å². The molecule has 0 aliphatic rings. The topological polar surface area (TPSA) is 56.5 Å². The quantitative estimate of drug-likeness (QED) is 0.345. The second-order valence-electron chi connectivity index (χ2n) is 2.38. The first-order valence-electron chi connectivity index (χ1n) is 3.90. The Hall–Kier alpha value is 0.0569. The van der Waals surface area contributed by atoms with Crippen molar-refractivity contribution < 1.29 is 8.85 Å². The minimum atomic E-state index is -1.99. The third-order valence-corrected chi connectivity index (χ3v) is 3.97. The van der Waals surface area contributed by atoms with Crippen molar-refractivity contribution >= 4 is 8.56 Å². The van der Waals surface area contributed by atoms with Crippen molar-refractivity contribution in [1.82, 2.24) is 5.43 Å². The maximum Gasteiger partial charge on any atom is 0.350 e. The maximum absolute atomic E-state index is 5.48. The van der Waals surface area contributed by atoms with Gasteiger partial charge in [0, 0.05) is 13.2 Å². The number of nitrogens with one attached hydrogen (secondary N) is 1. The highest BCUT2D eigenvalue weighted by atomic mass is 28.4. The molecule has 11 heavy (non-hydrogen) atoms. The first-order valence-corrected chi connectivity index (χ1v) is 6.42. The lowest BCUT2D eigenvalue weighted by molar-refractivity contribution is 0.187. The van der Waals surface area contributed by atoms with Gasteiger partial charge in [0.2, 0.25) is 0 Å². The molecular formula is C6H18N2O2Si. The van der Waals surface area contributed by atoms with Gasteiger partial charge in [-0.05, 0) is 20.4 Å². The molecule has 0 saturated heterocycles. The van der Waals surface area contributed by atoms with Crippen LogP contribution < -0.4 is 11.3 Å². The predicted molar refractivity (Wildman–Crippen MR) is 47.1 cm³/mol. The third-order valence-electron chi connectivity index (χ3n) is 1.32. The van der Waals surface area contributed by atoms with Gasteiger partial charge in [-0.2, -0.15) is 0 Å². The van der Waals surface area contributed by atoms with Crippen molar-refractivity contribution in [2.24, 2.45) is 5.84 Å². The molecule has 0 heterocycles. The highest BCUT2D eigenvalue weighted by Crippen LogP contribution is 2.04. The Labute approximate surface area is 69.3 Å². The van der Waals surface area contributed by atoms with Crippen molar-refractivity contribution in [3.8, 4) is 0 Å². The Kier molecular flexibility index (Phi) is 5.70. The molecule has 0 spiro atoms. The Morgan fingerprint density at radius 2 is 1.73 bits per heavy atom. The molecule has 0 radical (unpaired) electrons. The Morgan fingerprint density at radius 3 is 2.00 bits per heavy atom. The minimum Gasteiger partial charge on any atom is -0.394 e. The summed E-state index contributed by atoms with van der Waals surface area (Å²) < 4.78 is 11.0. The molecule has 0 aromatic rings. The first-order chi connectivity index (χ1) is 5.18. The largest absolute Gasteiger partial charge is 0.394 e. The van der Waals surface area contributed by atoms with E-state index < -0.39 is 8.56 Å². The Balaban J connectivity index is 3.79. The van der Waals surface area contributed by atoms with E-state index in [9.17, 15) is 0 Å². The lowest BCUT2D eigenvalue weighted by Gasteiger charge is -2.25. The van der Waals surface area contributed by atoms with Crippen LogP contribution in [0.5, 0.6) is 0 Å². The van der Waals surface area contributed by atoms with E-state index in [0.29, 0.717) is 19.4 Å². The number of hydrogen-bond acceptors (Lipinski definition) is 4. The molecule has 0 atom stereocenters. The molecular weight excluding hydrogens is 160 g/mol. The summed E-state index contributed by atoms with van der Waals surface area (Å²) in [7, 11) is -1.99. The van der Waals surface area contributed by atoms with Crippen LogP contribution >= 0.6 is 0 Å². The molecule has 0 saturated carbocycles. The molecule has 0 bridgehead atoms. The van der Waals surface area contributed by atoms with E-state index in [1.165, 1.54) is 0 Å². The van der Waals surface area contributed by atoms with E-state index in [0.717, 1.165) is 0 Å². The number of hydrazine groups is 1. The lowest BCUT2D eigenvalue weighted by Crippen LogP contribution is -2.50. The summed E-state index contributed by atoms with van der Waals surface area (Å²) in [4.78, 5) is 0. The molecule has 0 rings (SSSR count). The van der Waals surface area contributed by atoms with Crippen LogP contribution in [0.1, 0.15) is 13.8 Å². The predicted octanol–water partition coefficient (Wildman–Crippen LogP) is 0.134. The highest BCUT2D eigenvalue weighted by Gasteiger charge is 2.29. The van der Waals surface area contributed by atoms with Gasteiger partial charge in [-0.1, -0.05) is 0 Å². The van der Waals surface area contributed by atoms with Gasteiger partial charge in [-0.15, -0.1) is 0 Å². The van der Waals surface area contributed by atoms with E-state index in [4.69, 9.17) is 14.7 Å². The van der Waals surface area contributed by atoms with Gasteiger partial charge in [0.15, 0.2) is 0 Å². The zero-order valence-corrected chi connectivity index (χ0v) is 8.52. The molecule has 68 valence electrons. The molecule has 0 amide bonds. The zero-order chi connectivity index (χ0) is 8.74. The molecule has 4 nitrogen and oxygen atoms in total. The van der Waals surface area contributed by atoms with Gasteiger partial charge in [-0.3, -0.25) is 11.3 Å². The monoisotopic (exact) mass is 178 g/mol. The van der Waals surface area contributed by atoms with Crippen LogP contribution in [0.15, 0.2) is 0 Å². The van der Waals surface area contributed by atoms with Gasteiger partial charge in [-0.25, -0.2) is 0 Å².